The monoisotopic (exact) mass is 200 g/mol. The van der Waals surface area contributed by atoms with Crippen LogP contribution in [0.2, 0.25) is 0 Å². The summed E-state index contributed by atoms with van der Waals surface area (Å²) in [5, 5.41) is 0. The molecule has 0 aromatic carbocycles. The molecule has 30 valence electrons. The maximum absolute atomic E-state index is 0. The van der Waals surface area contributed by atoms with Crippen LogP contribution in [-0.4, -0.2) is 0 Å². The minimum atomic E-state index is 0. The summed E-state index contributed by atoms with van der Waals surface area (Å²) >= 11 is 0. The Hall–Kier alpha value is 1.96. The van der Waals surface area contributed by atoms with E-state index in [1.54, 1.807) is 0 Å². The van der Waals surface area contributed by atoms with Gasteiger partial charge in [-0.25, -0.2) is 0 Å². The summed E-state index contributed by atoms with van der Waals surface area (Å²) in [7, 11) is 0. The molecule has 0 bridgehead atoms. The zero-order valence-corrected chi connectivity index (χ0v) is 5.66. The second kappa shape index (κ2) is 20.2. The van der Waals surface area contributed by atoms with Gasteiger partial charge in [0.2, 0.25) is 0 Å². The van der Waals surface area contributed by atoms with Gasteiger partial charge in [-0.1, -0.05) is 0 Å². The average Bonchev–Trinajstić information content (AvgIpc) is 0. The van der Waals surface area contributed by atoms with Crippen molar-refractivity contribution in [3.8, 4) is 0 Å². The van der Waals surface area contributed by atoms with Crippen molar-refractivity contribution in [2.45, 2.75) is 0 Å². The molecule has 0 aliphatic rings. The zero-order valence-electron chi connectivity index (χ0n) is 1.49. The molecule has 0 rings (SSSR count). The van der Waals surface area contributed by atoms with Gasteiger partial charge in [0.25, 0.3) is 0 Å². The van der Waals surface area contributed by atoms with Crippen LogP contribution in [0.3, 0.4) is 0 Å². The van der Waals surface area contributed by atoms with E-state index in [2.05, 4.69) is 0 Å². The molecule has 0 saturated carbocycles. The van der Waals surface area contributed by atoms with Gasteiger partial charge in [-0.2, -0.15) is 0 Å². The minimum Gasteiger partial charge on any atom is 0 e. The molecule has 4 radical (unpaired) electrons. The summed E-state index contributed by atoms with van der Waals surface area (Å²) in [6.45, 7) is 0. The molecule has 4 heavy (non-hydrogen) atoms. The molecule has 0 aromatic rings. The Kier molecular flexibility index (Phi) is 193. The van der Waals surface area contributed by atoms with Crippen LogP contribution in [0.25, 0.3) is 0 Å². The predicted molar refractivity (Wildman–Crippen MR) is 6.92 cm³/mol. The summed E-state index contributed by atoms with van der Waals surface area (Å²) in [4.78, 5) is 0. The van der Waals surface area contributed by atoms with Crippen LogP contribution >= 0.6 is 9.90 Å². The van der Waals surface area contributed by atoms with E-state index in [0.717, 1.165) is 0 Å². The van der Waals surface area contributed by atoms with Crippen molar-refractivity contribution >= 4 is 9.90 Å². The number of rotatable bonds is 0. The van der Waals surface area contributed by atoms with Gasteiger partial charge in [-0.05, 0) is 0 Å². The Bertz CT molecular complexity index is 8.00. The topological polar surface area (TPSA) is 0 Å². The van der Waals surface area contributed by atoms with Gasteiger partial charge in [0.05, 0.1) is 0 Å². The molecule has 0 spiro atoms. The second-order valence-corrected chi connectivity index (χ2v) is 0. The summed E-state index contributed by atoms with van der Waals surface area (Å²) in [6, 6.07) is 0. The van der Waals surface area contributed by atoms with Crippen LogP contribution in [0.4, 0.5) is 0 Å². The van der Waals surface area contributed by atoms with Gasteiger partial charge in [0.1, 0.15) is 0 Å². The molecule has 0 aliphatic carbocycles. The van der Waals surface area contributed by atoms with E-state index in [9.17, 15) is 0 Å². The molecule has 0 aliphatic heterocycles. The maximum atomic E-state index is 0. The fourth-order valence-corrected chi connectivity index (χ4v) is 0. The van der Waals surface area contributed by atoms with Gasteiger partial charge >= 0.3 is 0 Å². The van der Waals surface area contributed by atoms with E-state index in [0.29, 0.717) is 0 Å². The molecule has 4 heteroatoms. The molecular formula is FeMnNiP. The van der Waals surface area contributed by atoms with Gasteiger partial charge in [-0.3, -0.25) is 0 Å². The molecule has 0 amide bonds. The van der Waals surface area contributed by atoms with E-state index >= 15 is 0 Å². The first-order valence-corrected chi connectivity index (χ1v) is 0. The second-order valence-electron chi connectivity index (χ2n) is 0. The molecule has 0 aromatic heterocycles. The Morgan fingerprint density at radius 1 is 1.00 bits per heavy atom. The summed E-state index contributed by atoms with van der Waals surface area (Å²) in [6.07, 6.45) is 0. The van der Waals surface area contributed by atoms with Crippen LogP contribution in [0.5, 0.6) is 0 Å². The molecule has 0 saturated heterocycles. The van der Waals surface area contributed by atoms with E-state index in [-0.39, 0.29) is 60.5 Å². The summed E-state index contributed by atoms with van der Waals surface area (Å²) in [5.41, 5.74) is 0. The van der Waals surface area contributed by atoms with Crippen molar-refractivity contribution in [2.75, 3.05) is 0 Å². The maximum Gasteiger partial charge on any atom is 0 e. The van der Waals surface area contributed by atoms with E-state index in [1.807, 2.05) is 0 Å². The molecular weight excluding hydrogens is 200 g/mol. The largest absolute Gasteiger partial charge is 0 e. The predicted octanol–water partition coefficient (Wildman–Crippen LogP) is 0.854. The first kappa shape index (κ1) is 38.1. The first-order chi connectivity index (χ1) is 0. The smallest absolute Gasteiger partial charge is 0 e. The van der Waals surface area contributed by atoms with Crippen LogP contribution in [0.1, 0.15) is 0 Å². The molecule has 0 fully saturated rings. The van der Waals surface area contributed by atoms with Gasteiger partial charge in [0, 0.05) is 60.5 Å². The van der Waals surface area contributed by atoms with E-state index in [1.165, 1.54) is 0 Å². The Morgan fingerprint density at radius 3 is 1.00 bits per heavy atom. The van der Waals surface area contributed by atoms with Crippen LogP contribution < -0.4 is 0 Å². The van der Waals surface area contributed by atoms with E-state index < -0.39 is 0 Å². The first-order valence-electron chi connectivity index (χ1n) is 0. The molecule has 0 nitrogen and oxygen atoms in total. The Balaban J connectivity index is 0. The summed E-state index contributed by atoms with van der Waals surface area (Å²) in [5.74, 6) is 0. The SMILES string of the molecule is [Fe].[Mn].[Ni].[P]. The van der Waals surface area contributed by atoms with Crippen molar-refractivity contribution in [3.05, 3.63) is 0 Å². The fraction of sp³-hybridized carbons (Fsp3) is 0. The van der Waals surface area contributed by atoms with Crippen molar-refractivity contribution in [1.29, 1.82) is 0 Å². The molecule has 0 heterocycles. The third-order valence-electron chi connectivity index (χ3n) is 0. The van der Waals surface area contributed by atoms with Crippen molar-refractivity contribution in [2.24, 2.45) is 0 Å². The van der Waals surface area contributed by atoms with Crippen molar-refractivity contribution in [3.63, 3.8) is 0 Å². The number of hydrogen-bond acceptors (Lipinski definition) is 0. The Labute approximate surface area is 60.4 Å². The molecule has 0 unspecified atom stereocenters. The molecule has 0 N–H and O–H groups in total. The minimum absolute atomic E-state index is 0. The quantitative estimate of drug-likeness (QED) is 0.402. The summed E-state index contributed by atoms with van der Waals surface area (Å²) < 4.78 is 0. The van der Waals surface area contributed by atoms with Crippen LogP contribution in [0, 0.1) is 0 Å². The normalized spacial score (nSPS) is 0. The fourth-order valence-electron chi connectivity index (χ4n) is 0. The van der Waals surface area contributed by atoms with Gasteiger partial charge in [0.15, 0.2) is 0 Å². The van der Waals surface area contributed by atoms with Crippen LogP contribution in [0.15, 0.2) is 0 Å². The van der Waals surface area contributed by atoms with Gasteiger partial charge in [-0.15, -0.1) is 0 Å². The Morgan fingerprint density at radius 2 is 1.00 bits per heavy atom. The van der Waals surface area contributed by atoms with Gasteiger partial charge < -0.3 is 0 Å². The van der Waals surface area contributed by atoms with Crippen molar-refractivity contribution in [1.82, 2.24) is 0 Å². The van der Waals surface area contributed by atoms with Crippen LogP contribution in [-0.2, 0) is 50.6 Å². The molecule has 0 atom stereocenters. The van der Waals surface area contributed by atoms with E-state index in [4.69, 9.17) is 0 Å². The average molecular weight is 200 g/mol. The third kappa shape index (κ3) is 9.03. The third-order valence-corrected chi connectivity index (χ3v) is 0. The standard InChI is InChI=1S/Fe.Mn.Ni.P. The number of hydrogen-bond donors (Lipinski definition) is 0. The van der Waals surface area contributed by atoms with Crippen molar-refractivity contribution < 1.29 is 50.6 Å². The zero-order chi connectivity index (χ0) is 0.